The van der Waals surface area contributed by atoms with Gasteiger partial charge in [0.15, 0.2) is 0 Å². The number of nitrogens with zero attached hydrogens (tertiary/aromatic N) is 1. The maximum atomic E-state index is 11.9. The molecule has 1 heterocycles. The van der Waals surface area contributed by atoms with Crippen LogP contribution in [0.3, 0.4) is 0 Å². The quantitative estimate of drug-likeness (QED) is 0.862. The van der Waals surface area contributed by atoms with Gasteiger partial charge in [0.1, 0.15) is 0 Å². The predicted octanol–water partition coefficient (Wildman–Crippen LogP) is 2.67. The molecule has 0 aliphatic heterocycles. The van der Waals surface area contributed by atoms with Crippen LogP contribution in [0.1, 0.15) is 35.2 Å². The molecule has 4 nitrogen and oxygen atoms in total. The van der Waals surface area contributed by atoms with Crippen molar-refractivity contribution < 1.29 is 4.79 Å². The molecular weight excluding hydrogens is 274 g/mol. The average Bonchev–Trinajstić information content (AvgIpc) is 2.54. The van der Waals surface area contributed by atoms with Crippen LogP contribution < -0.4 is 10.6 Å². The molecule has 0 unspecified atom stereocenters. The largest absolute Gasteiger partial charge is 0.351 e. The van der Waals surface area contributed by atoms with Gasteiger partial charge in [0, 0.05) is 25.0 Å². The van der Waals surface area contributed by atoms with Gasteiger partial charge in [0.25, 0.3) is 0 Å². The first-order valence-electron chi connectivity index (χ1n) is 7.53. The second-order valence-corrected chi connectivity index (χ2v) is 5.53. The molecule has 0 saturated carbocycles. The number of aryl methyl sites for hydroxylation is 1. The van der Waals surface area contributed by atoms with Crippen LogP contribution in [-0.4, -0.2) is 17.4 Å². The van der Waals surface area contributed by atoms with Gasteiger partial charge in [-0.1, -0.05) is 24.3 Å². The Hall–Kier alpha value is -2.20. The van der Waals surface area contributed by atoms with E-state index < -0.39 is 0 Å². The molecule has 0 radical (unpaired) electrons. The van der Waals surface area contributed by atoms with E-state index in [2.05, 4.69) is 54.6 Å². The number of nitrogens with one attached hydrogen (secondary N) is 2. The van der Waals surface area contributed by atoms with E-state index in [0.29, 0.717) is 13.1 Å². The van der Waals surface area contributed by atoms with Crippen molar-refractivity contribution in [2.24, 2.45) is 0 Å². The van der Waals surface area contributed by atoms with Gasteiger partial charge in [0.05, 0.1) is 6.54 Å². The van der Waals surface area contributed by atoms with E-state index in [1.165, 1.54) is 16.7 Å². The summed E-state index contributed by atoms with van der Waals surface area (Å²) in [5.74, 6) is -0.0130. The molecule has 0 aliphatic rings. The normalized spacial score (nSPS) is 12.0. The van der Waals surface area contributed by atoms with Gasteiger partial charge < -0.3 is 10.6 Å². The Morgan fingerprint density at radius 1 is 1.23 bits per heavy atom. The van der Waals surface area contributed by atoms with Crippen molar-refractivity contribution in [3.05, 3.63) is 65.0 Å². The van der Waals surface area contributed by atoms with E-state index in [-0.39, 0.29) is 11.9 Å². The van der Waals surface area contributed by atoms with Gasteiger partial charge in [-0.15, -0.1) is 0 Å². The SMILES string of the molecule is Cc1cccc([C@@H](C)NCC(=O)NCc2cccnc2)c1C. The first-order valence-corrected chi connectivity index (χ1v) is 7.53. The molecule has 116 valence electrons. The Morgan fingerprint density at radius 2 is 2.05 bits per heavy atom. The Kier molecular flexibility index (Phi) is 5.67. The Bertz CT molecular complexity index is 625. The third-order valence-electron chi connectivity index (χ3n) is 3.89. The molecule has 22 heavy (non-hydrogen) atoms. The highest BCUT2D eigenvalue weighted by Gasteiger charge is 2.10. The second kappa shape index (κ2) is 7.71. The predicted molar refractivity (Wildman–Crippen MR) is 88.4 cm³/mol. The third kappa shape index (κ3) is 4.40. The summed E-state index contributed by atoms with van der Waals surface area (Å²) in [4.78, 5) is 15.9. The van der Waals surface area contributed by atoms with E-state index in [9.17, 15) is 4.79 Å². The Labute approximate surface area is 132 Å². The topological polar surface area (TPSA) is 54.0 Å². The van der Waals surface area contributed by atoms with Crippen LogP contribution in [0, 0.1) is 13.8 Å². The highest BCUT2D eigenvalue weighted by Crippen LogP contribution is 2.19. The van der Waals surface area contributed by atoms with Crippen molar-refractivity contribution in [3.63, 3.8) is 0 Å². The van der Waals surface area contributed by atoms with E-state index in [4.69, 9.17) is 0 Å². The number of hydrogen-bond acceptors (Lipinski definition) is 3. The fraction of sp³-hybridized carbons (Fsp3) is 0.333. The lowest BCUT2D eigenvalue weighted by atomic mass is 9.98. The highest BCUT2D eigenvalue weighted by molar-refractivity contribution is 5.78. The Morgan fingerprint density at radius 3 is 2.77 bits per heavy atom. The molecule has 0 bridgehead atoms. The summed E-state index contributed by atoms with van der Waals surface area (Å²) in [6.07, 6.45) is 3.48. The van der Waals surface area contributed by atoms with Crippen LogP contribution in [0.2, 0.25) is 0 Å². The molecule has 1 aromatic heterocycles. The number of amides is 1. The third-order valence-corrected chi connectivity index (χ3v) is 3.89. The minimum Gasteiger partial charge on any atom is -0.351 e. The Balaban J connectivity index is 1.82. The smallest absolute Gasteiger partial charge is 0.234 e. The van der Waals surface area contributed by atoms with Crippen molar-refractivity contribution in [1.82, 2.24) is 15.6 Å². The van der Waals surface area contributed by atoms with Crippen molar-refractivity contribution in [2.75, 3.05) is 6.54 Å². The molecule has 0 spiro atoms. The fourth-order valence-corrected chi connectivity index (χ4v) is 2.36. The summed E-state index contributed by atoms with van der Waals surface area (Å²) in [6, 6.07) is 10.2. The van der Waals surface area contributed by atoms with Gasteiger partial charge in [-0.3, -0.25) is 9.78 Å². The van der Waals surface area contributed by atoms with Gasteiger partial charge in [-0.25, -0.2) is 0 Å². The van der Waals surface area contributed by atoms with Crippen LogP contribution in [-0.2, 0) is 11.3 Å². The number of hydrogen-bond donors (Lipinski definition) is 2. The van der Waals surface area contributed by atoms with Gasteiger partial charge in [0.2, 0.25) is 5.91 Å². The van der Waals surface area contributed by atoms with Crippen LogP contribution in [0.4, 0.5) is 0 Å². The zero-order chi connectivity index (χ0) is 15.9. The van der Waals surface area contributed by atoms with Crippen molar-refractivity contribution in [2.45, 2.75) is 33.4 Å². The molecule has 0 aliphatic carbocycles. The summed E-state index contributed by atoms with van der Waals surface area (Å²) in [5, 5.41) is 6.17. The standard InChI is InChI=1S/C18H23N3O/c1-13-6-4-8-17(14(13)2)15(3)20-12-18(22)21-11-16-7-5-9-19-10-16/h4-10,15,20H,11-12H2,1-3H3,(H,21,22)/t15-/m1/s1. The van der Waals surface area contributed by atoms with Crippen LogP contribution in [0.5, 0.6) is 0 Å². The first kappa shape index (κ1) is 16.2. The van der Waals surface area contributed by atoms with E-state index >= 15 is 0 Å². The minimum absolute atomic E-state index is 0.0130. The molecule has 4 heteroatoms. The number of benzene rings is 1. The lowest BCUT2D eigenvalue weighted by Crippen LogP contribution is -2.34. The number of aromatic nitrogens is 1. The molecule has 1 amide bonds. The van der Waals surface area contributed by atoms with Crippen molar-refractivity contribution in [3.8, 4) is 0 Å². The van der Waals surface area contributed by atoms with Gasteiger partial charge in [-0.05, 0) is 49.1 Å². The average molecular weight is 297 g/mol. The summed E-state index contributed by atoms with van der Waals surface area (Å²) >= 11 is 0. The van der Waals surface area contributed by atoms with Gasteiger partial charge in [-0.2, -0.15) is 0 Å². The first-order chi connectivity index (χ1) is 10.6. The highest BCUT2D eigenvalue weighted by atomic mass is 16.1. The molecule has 2 aromatic rings. The lowest BCUT2D eigenvalue weighted by molar-refractivity contribution is -0.120. The van der Waals surface area contributed by atoms with Crippen LogP contribution in [0.25, 0.3) is 0 Å². The monoisotopic (exact) mass is 297 g/mol. The summed E-state index contributed by atoms with van der Waals surface area (Å²) < 4.78 is 0. The van der Waals surface area contributed by atoms with Crippen molar-refractivity contribution in [1.29, 1.82) is 0 Å². The van der Waals surface area contributed by atoms with Crippen LogP contribution in [0.15, 0.2) is 42.7 Å². The van der Waals surface area contributed by atoms with Gasteiger partial charge >= 0.3 is 0 Å². The number of carbonyl (C=O) groups is 1. The molecule has 2 rings (SSSR count). The molecule has 1 atom stereocenters. The number of rotatable bonds is 6. The van der Waals surface area contributed by atoms with Crippen LogP contribution >= 0.6 is 0 Å². The summed E-state index contributed by atoms with van der Waals surface area (Å²) in [7, 11) is 0. The maximum absolute atomic E-state index is 11.9. The number of pyridine rings is 1. The van der Waals surface area contributed by atoms with Crippen molar-refractivity contribution >= 4 is 5.91 Å². The summed E-state index contributed by atoms with van der Waals surface area (Å²) in [6.45, 7) is 7.11. The molecule has 0 fully saturated rings. The van der Waals surface area contributed by atoms with E-state index in [0.717, 1.165) is 5.56 Å². The molecular formula is C18H23N3O. The summed E-state index contributed by atoms with van der Waals surface area (Å²) in [5.41, 5.74) is 4.78. The number of carbonyl (C=O) groups excluding carboxylic acids is 1. The zero-order valence-corrected chi connectivity index (χ0v) is 13.4. The molecule has 2 N–H and O–H groups in total. The fourth-order valence-electron chi connectivity index (χ4n) is 2.36. The second-order valence-electron chi connectivity index (χ2n) is 5.53. The maximum Gasteiger partial charge on any atom is 0.234 e. The van der Waals surface area contributed by atoms with E-state index in [1.807, 2.05) is 12.1 Å². The lowest BCUT2D eigenvalue weighted by Gasteiger charge is -2.17. The molecule has 1 aromatic carbocycles. The zero-order valence-electron chi connectivity index (χ0n) is 13.4. The molecule has 0 saturated heterocycles. The van der Waals surface area contributed by atoms with E-state index in [1.54, 1.807) is 12.4 Å². The minimum atomic E-state index is -0.0130.